The Morgan fingerprint density at radius 3 is 2.61 bits per heavy atom. The van der Waals surface area contributed by atoms with Gasteiger partial charge in [0, 0.05) is 5.75 Å². The van der Waals surface area contributed by atoms with Gasteiger partial charge in [0.15, 0.2) is 0 Å². The van der Waals surface area contributed by atoms with Gasteiger partial charge in [-0.2, -0.15) is 16.5 Å². The lowest BCUT2D eigenvalue weighted by Gasteiger charge is -2.24. The average molecular weight is 297 g/mol. The van der Waals surface area contributed by atoms with Gasteiger partial charge in [-0.15, -0.1) is 0 Å². The van der Waals surface area contributed by atoms with Crippen LogP contribution in [-0.2, 0) is 24.3 Å². The standard InChI is InChI=1S/C9H15NO6S2/c1-16-7(11)2-5-18(14,15)10-9(8(12)13)3-4-17-6-9/h10H,2-6H2,1H3,(H,12,13). The van der Waals surface area contributed by atoms with Crippen molar-refractivity contribution in [1.82, 2.24) is 4.72 Å². The highest BCUT2D eigenvalue weighted by atomic mass is 32.2. The number of thioether (sulfide) groups is 1. The quantitative estimate of drug-likeness (QED) is 0.632. The van der Waals surface area contributed by atoms with Gasteiger partial charge in [0.05, 0.1) is 19.3 Å². The fourth-order valence-electron chi connectivity index (χ4n) is 1.53. The second kappa shape index (κ2) is 5.89. The van der Waals surface area contributed by atoms with Crippen LogP contribution in [0.4, 0.5) is 0 Å². The third-order valence-corrected chi connectivity index (χ3v) is 5.22. The second-order valence-corrected chi connectivity index (χ2v) is 6.88. The predicted octanol–water partition coefficient (Wildman–Crippen LogP) is -0.571. The van der Waals surface area contributed by atoms with Crippen LogP contribution in [-0.4, -0.2) is 55.4 Å². The summed E-state index contributed by atoms with van der Waals surface area (Å²) < 4.78 is 30.0. The fourth-order valence-corrected chi connectivity index (χ4v) is 4.34. The molecule has 2 N–H and O–H groups in total. The van der Waals surface area contributed by atoms with Crippen LogP contribution in [0, 0.1) is 0 Å². The largest absolute Gasteiger partial charge is 0.480 e. The van der Waals surface area contributed by atoms with Gasteiger partial charge in [-0.25, -0.2) is 8.42 Å². The van der Waals surface area contributed by atoms with E-state index in [1.807, 2.05) is 0 Å². The van der Waals surface area contributed by atoms with Gasteiger partial charge in [-0.05, 0) is 12.2 Å². The number of carbonyl (C=O) groups is 2. The monoisotopic (exact) mass is 297 g/mol. The van der Waals surface area contributed by atoms with E-state index in [0.29, 0.717) is 5.75 Å². The zero-order valence-corrected chi connectivity index (χ0v) is 11.5. The number of esters is 1. The summed E-state index contributed by atoms with van der Waals surface area (Å²) in [5, 5.41) is 9.12. The summed E-state index contributed by atoms with van der Waals surface area (Å²) in [6.45, 7) is 0. The van der Waals surface area contributed by atoms with Gasteiger partial charge in [0.2, 0.25) is 10.0 Å². The van der Waals surface area contributed by atoms with Gasteiger partial charge < -0.3 is 9.84 Å². The molecule has 0 spiro atoms. The topological polar surface area (TPSA) is 110 Å². The Morgan fingerprint density at radius 2 is 2.17 bits per heavy atom. The summed E-state index contributed by atoms with van der Waals surface area (Å²) in [5.74, 6) is -1.52. The van der Waals surface area contributed by atoms with Crippen molar-refractivity contribution < 1.29 is 27.9 Å². The number of hydrogen-bond donors (Lipinski definition) is 2. The summed E-state index contributed by atoms with van der Waals surface area (Å²) in [6.07, 6.45) is -0.0564. The molecule has 0 aromatic carbocycles. The molecule has 0 aromatic heterocycles. The highest BCUT2D eigenvalue weighted by molar-refractivity contribution is 7.99. The Balaban J connectivity index is 2.69. The van der Waals surface area contributed by atoms with E-state index in [1.54, 1.807) is 0 Å². The number of methoxy groups -OCH3 is 1. The lowest BCUT2D eigenvalue weighted by molar-refractivity contribution is -0.143. The fraction of sp³-hybridized carbons (Fsp3) is 0.778. The minimum Gasteiger partial charge on any atom is -0.480 e. The van der Waals surface area contributed by atoms with Crippen LogP contribution in [0.3, 0.4) is 0 Å². The summed E-state index contributed by atoms with van der Waals surface area (Å²) in [7, 11) is -2.66. The van der Waals surface area contributed by atoms with Crippen molar-refractivity contribution in [2.45, 2.75) is 18.4 Å². The molecule has 0 aromatic rings. The number of nitrogens with one attached hydrogen (secondary N) is 1. The lowest BCUT2D eigenvalue weighted by Crippen LogP contribution is -2.55. The molecule has 1 heterocycles. The molecule has 1 saturated heterocycles. The lowest BCUT2D eigenvalue weighted by atomic mass is 10.0. The Hall–Kier alpha value is -0.800. The summed E-state index contributed by atoms with van der Waals surface area (Å²) in [6, 6.07) is 0. The third-order valence-electron chi connectivity index (χ3n) is 2.58. The maximum Gasteiger partial charge on any atom is 0.325 e. The molecule has 1 fully saturated rings. The Morgan fingerprint density at radius 1 is 1.50 bits per heavy atom. The van der Waals surface area contributed by atoms with Crippen molar-refractivity contribution in [3.05, 3.63) is 0 Å². The molecule has 0 radical (unpaired) electrons. The molecule has 0 bridgehead atoms. The maximum atomic E-state index is 11.7. The number of aliphatic carboxylic acids is 1. The molecular weight excluding hydrogens is 282 g/mol. The SMILES string of the molecule is COC(=O)CCS(=O)(=O)NC1(C(=O)O)CCSC1. The Bertz CT molecular complexity index is 426. The van der Waals surface area contributed by atoms with Crippen LogP contribution < -0.4 is 4.72 Å². The van der Waals surface area contributed by atoms with E-state index < -0.39 is 33.3 Å². The number of hydrogen-bond acceptors (Lipinski definition) is 6. The summed E-state index contributed by atoms with van der Waals surface area (Å²) in [4.78, 5) is 22.0. The van der Waals surface area contributed by atoms with E-state index in [-0.39, 0.29) is 18.6 Å². The van der Waals surface area contributed by atoms with Crippen molar-refractivity contribution in [1.29, 1.82) is 0 Å². The van der Waals surface area contributed by atoms with Crippen molar-refractivity contribution in [2.24, 2.45) is 0 Å². The van der Waals surface area contributed by atoms with E-state index in [2.05, 4.69) is 9.46 Å². The van der Waals surface area contributed by atoms with E-state index in [1.165, 1.54) is 11.8 Å². The van der Waals surface area contributed by atoms with E-state index in [9.17, 15) is 18.0 Å². The number of carboxylic acid groups (broad SMARTS) is 1. The summed E-state index contributed by atoms with van der Waals surface area (Å²) >= 11 is 1.38. The molecule has 1 rings (SSSR count). The summed E-state index contributed by atoms with van der Waals surface area (Å²) in [5.41, 5.74) is -1.44. The van der Waals surface area contributed by atoms with E-state index in [0.717, 1.165) is 7.11 Å². The van der Waals surface area contributed by atoms with Crippen molar-refractivity contribution in [2.75, 3.05) is 24.4 Å². The molecule has 0 saturated carbocycles. The molecule has 18 heavy (non-hydrogen) atoms. The zero-order chi connectivity index (χ0) is 13.8. The molecule has 0 amide bonds. The highest BCUT2D eigenvalue weighted by Gasteiger charge is 2.44. The number of carboxylic acids is 1. The van der Waals surface area contributed by atoms with Gasteiger partial charge >= 0.3 is 11.9 Å². The van der Waals surface area contributed by atoms with Crippen LogP contribution >= 0.6 is 11.8 Å². The van der Waals surface area contributed by atoms with E-state index in [4.69, 9.17) is 5.11 Å². The molecule has 0 aliphatic carbocycles. The predicted molar refractivity (Wildman–Crippen MR) is 65.9 cm³/mol. The molecule has 1 unspecified atom stereocenters. The number of rotatable bonds is 6. The minimum atomic E-state index is -3.82. The molecule has 1 aliphatic heterocycles. The maximum absolute atomic E-state index is 11.7. The third kappa shape index (κ3) is 3.85. The molecule has 1 aliphatic rings. The highest BCUT2D eigenvalue weighted by Crippen LogP contribution is 2.29. The van der Waals surface area contributed by atoms with Crippen molar-refractivity contribution >= 4 is 33.7 Å². The van der Waals surface area contributed by atoms with Gasteiger partial charge in [0.1, 0.15) is 5.54 Å². The zero-order valence-electron chi connectivity index (χ0n) is 9.84. The van der Waals surface area contributed by atoms with E-state index >= 15 is 0 Å². The number of ether oxygens (including phenoxy) is 1. The van der Waals surface area contributed by atoms with Gasteiger partial charge in [-0.1, -0.05) is 0 Å². The average Bonchev–Trinajstić information content (AvgIpc) is 2.75. The van der Waals surface area contributed by atoms with Gasteiger partial charge in [-0.3, -0.25) is 9.59 Å². The first-order valence-electron chi connectivity index (χ1n) is 5.21. The van der Waals surface area contributed by atoms with Crippen molar-refractivity contribution in [3.63, 3.8) is 0 Å². The van der Waals surface area contributed by atoms with Crippen LogP contribution in [0.2, 0.25) is 0 Å². The first-order valence-corrected chi connectivity index (χ1v) is 8.02. The smallest absolute Gasteiger partial charge is 0.325 e. The first-order chi connectivity index (χ1) is 8.31. The van der Waals surface area contributed by atoms with Crippen LogP contribution in [0.15, 0.2) is 0 Å². The molecule has 104 valence electrons. The molecule has 9 heteroatoms. The van der Waals surface area contributed by atoms with Crippen LogP contribution in [0.5, 0.6) is 0 Å². The normalized spacial score (nSPS) is 23.8. The minimum absolute atomic E-state index is 0.194. The number of carbonyl (C=O) groups excluding carboxylic acids is 1. The van der Waals surface area contributed by atoms with Crippen molar-refractivity contribution in [3.8, 4) is 0 Å². The Labute approximate surface area is 109 Å². The van der Waals surface area contributed by atoms with Gasteiger partial charge in [0.25, 0.3) is 0 Å². The Kier molecular flexibility index (Phi) is 5.00. The molecule has 7 nitrogen and oxygen atoms in total. The van der Waals surface area contributed by atoms with Crippen LogP contribution in [0.1, 0.15) is 12.8 Å². The number of sulfonamides is 1. The van der Waals surface area contributed by atoms with Crippen LogP contribution in [0.25, 0.3) is 0 Å². The molecular formula is C9H15NO6S2. The first kappa shape index (κ1) is 15.3. The second-order valence-electron chi connectivity index (χ2n) is 3.94. The molecule has 1 atom stereocenters.